The van der Waals surface area contributed by atoms with Crippen LogP contribution in [0, 0.1) is 6.92 Å². The third-order valence-corrected chi connectivity index (χ3v) is 5.39. The second-order valence-electron chi connectivity index (χ2n) is 4.23. The Bertz CT molecular complexity index is 760. The molecular formula is C12H14N2O5S2. The van der Waals surface area contributed by atoms with Gasteiger partial charge in [0.1, 0.15) is 15.7 Å². The van der Waals surface area contributed by atoms with Gasteiger partial charge in [0.05, 0.1) is 6.54 Å². The number of furan rings is 1. The van der Waals surface area contributed by atoms with Gasteiger partial charge in [0, 0.05) is 17.1 Å². The standard InChI is InChI=1S/C12H14N2O5S2/c1-3-8-5-13-11(20-8)6-14-21(17,18)10-4-9(12(15)16)19-7(10)2/h4-5,14H,3,6H2,1-2H3,(H,15,16). The molecular weight excluding hydrogens is 316 g/mol. The second-order valence-corrected chi connectivity index (χ2v) is 7.17. The molecule has 2 heterocycles. The Balaban J connectivity index is 2.16. The fourth-order valence-electron chi connectivity index (χ4n) is 1.67. The Morgan fingerprint density at radius 1 is 1.52 bits per heavy atom. The summed E-state index contributed by atoms with van der Waals surface area (Å²) in [5.74, 6) is -1.68. The van der Waals surface area contributed by atoms with E-state index in [2.05, 4.69) is 9.71 Å². The summed E-state index contributed by atoms with van der Waals surface area (Å²) in [5, 5.41) is 9.46. The summed E-state index contributed by atoms with van der Waals surface area (Å²) < 4.78 is 31.6. The van der Waals surface area contributed by atoms with Crippen LogP contribution in [0.4, 0.5) is 0 Å². The predicted molar refractivity (Wildman–Crippen MR) is 75.9 cm³/mol. The van der Waals surface area contributed by atoms with E-state index in [1.807, 2.05) is 6.92 Å². The first-order valence-corrected chi connectivity index (χ1v) is 8.40. The van der Waals surface area contributed by atoms with E-state index in [1.165, 1.54) is 18.3 Å². The number of aromatic carboxylic acids is 1. The molecule has 0 saturated heterocycles. The van der Waals surface area contributed by atoms with Crippen LogP contribution in [0.25, 0.3) is 0 Å². The van der Waals surface area contributed by atoms with Gasteiger partial charge in [-0.15, -0.1) is 11.3 Å². The van der Waals surface area contributed by atoms with E-state index in [-0.39, 0.29) is 17.2 Å². The Morgan fingerprint density at radius 3 is 2.76 bits per heavy atom. The van der Waals surface area contributed by atoms with Gasteiger partial charge in [0.15, 0.2) is 0 Å². The van der Waals surface area contributed by atoms with Crippen molar-refractivity contribution in [1.29, 1.82) is 0 Å². The van der Waals surface area contributed by atoms with Crippen molar-refractivity contribution in [3.05, 3.63) is 33.7 Å². The van der Waals surface area contributed by atoms with Crippen molar-refractivity contribution in [2.75, 3.05) is 0 Å². The van der Waals surface area contributed by atoms with Crippen molar-refractivity contribution in [2.24, 2.45) is 0 Å². The van der Waals surface area contributed by atoms with Crippen LogP contribution in [0.2, 0.25) is 0 Å². The van der Waals surface area contributed by atoms with E-state index in [4.69, 9.17) is 9.52 Å². The van der Waals surface area contributed by atoms with Crippen molar-refractivity contribution < 1.29 is 22.7 Å². The number of rotatable bonds is 6. The first-order chi connectivity index (χ1) is 9.83. The van der Waals surface area contributed by atoms with Crippen LogP contribution in [0.3, 0.4) is 0 Å². The molecule has 0 aliphatic rings. The van der Waals surface area contributed by atoms with Gasteiger partial charge in [0.2, 0.25) is 15.8 Å². The Morgan fingerprint density at radius 2 is 2.24 bits per heavy atom. The minimum Gasteiger partial charge on any atom is -0.475 e. The average Bonchev–Trinajstić information content (AvgIpc) is 3.03. The molecule has 2 rings (SSSR count). The van der Waals surface area contributed by atoms with Crippen LogP contribution in [0.15, 0.2) is 21.6 Å². The number of nitrogens with zero attached hydrogens (tertiary/aromatic N) is 1. The molecule has 0 bridgehead atoms. The highest BCUT2D eigenvalue weighted by atomic mass is 32.2. The second kappa shape index (κ2) is 5.96. The molecule has 2 aromatic heterocycles. The molecule has 0 saturated carbocycles. The van der Waals surface area contributed by atoms with Gasteiger partial charge in [-0.2, -0.15) is 0 Å². The SMILES string of the molecule is CCc1cnc(CNS(=O)(=O)c2cc(C(=O)O)oc2C)s1. The van der Waals surface area contributed by atoms with Gasteiger partial charge in [-0.3, -0.25) is 0 Å². The fourth-order valence-corrected chi connectivity index (χ4v) is 3.72. The van der Waals surface area contributed by atoms with Gasteiger partial charge < -0.3 is 9.52 Å². The van der Waals surface area contributed by atoms with Crippen LogP contribution in [0.5, 0.6) is 0 Å². The highest BCUT2D eigenvalue weighted by Gasteiger charge is 2.23. The zero-order valence-corrected chi connectivity index (χ0v) is 13.0. The highest BCUT2D eigenvalue weighted by Crippen LogP contribution is 2.21. The van der Waals surface area contributed by atoms with Gasteiger partial charge in [-0.05, 0) is 13.3 Å². The van der Waals surface area contributed by atoms with Crippen molar-refractivity contribution in [3.63, 3.8) is 0 Å². The maximum Gasteiger partial charge on any atom is 0.371 e. The number of carboxylic acid groups (broad SMARTS) is 1. The number of carbonyl (C=O) groups is 1. The normalized spacial score (nSPS) is 11.7. The van der Waals surface area contributed by atoms with Gasteiger partial charge >= 0.3 is 5.97 Å². The maximum absolute atomic E-state index is 12.2. The predicted octanol–water partition coefficient (Wildman–Crippen LogP) is 1.78. The molecule has 114 valence electrons. The quantitative estimate of drug-likeness (QED) is 0.835. The maximum atomic E-state index is 12.2. The fraction of sp³-hybridized carbons (Fsp3) is 0.333. The van der Waals surface area contributed by atoms with E-state index in [1.54, 1.807) is 6.20 Å². The number of nitrogens with one attached hydrogen (secondary N) is 1. The molecule has 9 heteroatoms. The van der Waals surface area contributed by atoms with Gasteiger partial charge in [0.25, 0.3) is 0 Å². The summed E-state index contributed by atoms with van der Waals surface area (Å²) in [6, 6.07) is 0.999. The number of thiazole rings is 1. The molecule has 0 radical (unpaired) electrons. The van der Waals surface area contributed by atoms with E-state index >= 15 is 0 Å². The number of aryl methyl sites for hydroxylation is 2. The number of aromatic nitrogens is 1. The van der Waals surface area contributed by atoms with Crippen LogP contribution < -0.4 is 4.72 Å². The van der Waals surface area contributed by atoms with Crippen LogP contribution in [0.1, 0.15) is 33.1 Å². The van der Waals surface area contributed by atoms with Crippen LogP contribution in [-0.4, -0.2) is 24.5 Å². The first-order valence-electron chi connectivity index (χ1n) is 6.10. The zero-order valence-electron chi connectivity index (χ0n) is 11.4. The first kappa shape index (κ1) is 15.7. The van der Waals surface area contributed by atoms with Crippen molar-refractivity contribution in [2.45, 2.75) is 31.7 Å². The molecule has 0 aromatic carbocycles. The molecule has 2 N–H and O–H groups in total. The molecule has 0 spiro atoms. The number of carboxylic acids is 1. The Hall–Kier alpha value is -1.71. The third-order valence-electron chi connectivity index (χ3n) is 2.74. The number of hydrogen-bond acceptors (Lipinski definition) is 6. The van der Waals surface area contributed by atoms with Crippen molar-refractivity contribution >= 4 is 27.3 Å². The van der Waals surface area contributed by atoms with Crippen molar-refractivity contribution in [1.82, 2.24) is 9.71 Å². The molecule has 0 aliphatic carbocycles. The molecule has 0 amide bonds. The van der Waals surface area contributed by atoms with Gasteiger partial charge in [-0.1, -0.05) is 6.92 Å². The van der Waals surface area contributed by atoms with Crippen molar-refractivity contribution in [3.8, 4) is 0 Å². The summed E-state index contributed by atoms with van der Waals surface area (Å²) >= 11 is 1.43. The summed E-state index contributed by atoms with van der Waals surface area (Å²) in [4.78, 5) is 15.8. The molecule has 0 atom stereocenters. The molecule has 0 unspecified atom stereocenters. The molecule has 0 aliphatic heterocycles. The molecule has 7 nitrogen and oxygen atoms in total. The third kappa shape index (κ3) is 3.49. The van der Waals surface area contributed by atoms with Crippen LogP contribution >= 0.6 is 11.3 Å². The lowest BCUT2D eigenvalue weighted by atomic mass is 10.4. The Kier molecular flexibility index (Phi) is 4.45. The largest absolute Gasteiger partial charge is 0.475 e. The van der Waals surface area contributed by atoms with Gasteiger partial charge in [-0.25, -0.2) is 22.9 Å². The topological polar surface area (TPSA) is 110 Å². The number of sulfonamides is 1. The van der Waals surface area contributed by atoms with E-state index in [0.29, 0.717) is 5.01 Å². The Labute approximate surface area is 125 Å². The minimum absolute atomic E-state index is 0.0354. The lowest BCUT2D eigenvalue weighted by Gasteiger charge is -2.03. The highest BCUT2D eigenvalue weighted by molar-refractivity contribution is 7.89. The smallest absolute Gasteiger partial charge is 0.371 e. The molecule has 2 aromatic rings. The minimum atomic E-state index is -3.84. The zero-order chi connectivity index (χ0) is 15.6. The van der Waals surface area contributed by atoms with Crippen LogP contribution in [-0.2, 0) is 23.0 Å². The summed E-state index contributed by atoms with van der Waals surface area (Å²) in [7, 11) is -3.84. The molecule has 0 fully saturated rings. The summed E-state index contributed by atoms with van der Waals surface area (Å²) in [6.07, 6.45) is 2.55. The monoisotopic (exact) mass is 330 g/mol. The average molecular weight is 330 g/mol. The lowest BCUT2D eigenvalue weighted by Crippen LogP contribution is -2.23. The molecule has 21 heavy (non-hydrogen) atoms. The van der Waals surface area contributed by atoms with E-state index in [9.17, 15) is 13.2 Å². The number of hydrogen-bond donors (Lipinski definition) is 2. The lowest BCUT2D eigenvalue weighted by molar-refractivity contribution is 0.0661. The van der Waals surface area contributed by atoms with E-state index in [0.717, 1.165) is 17.4 Å². The summed E-state index contributed by atoms with van der Waals surface area (Å²) in [6.45, 7) is 3.45. The summed E-state index contributed by atoms with van der Waals surface area (Å²) in [5.41, 5.74) is 0. The van der Waals surface area contributed by atoms with E-state index < -0.39 is 21.8 Å².